The van der Waals surface area contributed by atoms with Crippen LogP contribution in [0.2, 0.25) is 0 Å². The van der Waals surface area contributed by atoms with Crippen LogP contribution in [0.25, 0.3) is 0 Å². The molecule has 17 heavy (non-hydrogen) atoms. The number of amides is 1. The zero-order valence-electron chi connectivity index (χ0n) is 10.3. The van der Waals surface area contributed by atoms with Gasteiger partial charge < -0.3 is 20.4 Å². The number of aryl methyl sites for hydroxylation is 1. The van der Waals surface area contributed by atoms with Crippen LogP contribution in [0.4, 0.5) is 0 Å². The Balaban J connectivity index is 2.27. The second-order valence-electron chi connectivity index (χ2n) is 3.91. The summed E-state index contributed by atoms with van der Waals surface area (Å²) in [5, 5.41) is 2.76. The summed E-state index contributed by atoms with van der Waals surface area (Å²) in [6, 6.07) is -0.481. The van der Waals surface area contributed by atoms with Gasteiger partial charge in [0.15, 0.2) is 0 Å². The lowest BCUT2D eigenvalue weighted by Crippen LogP contribution is -2.40. The van der Waals surface area contributed by atoms with E-state index in [4.69, 9.17) is 10.5 Å². The molecule has 3 N–H and O–H groups in total. The topological polar surface area (TPSA) is 82.2 Å². The fourth-order valence-corrected chi connectivity index (χ4v) is 1.44. The standard InChI is InChI=1S/C11H20N4O2/c1-15-6-5-13-10(15)8-14-11(16)9(12)4-3-7-17-2/h5-6,9H,3-4,7-8,12H2,1-2H3,(H,14,16). The Morgan fingerprint density at radius 1 is 1.71 bits per heavy atom. The summed E-state index contributed by atoms with van der Waals surface area (Å²) in [7, 11) is 3.51. The lowest BCUT2D eigenvalue weighted by atomic mass is 10.1. The highest BCUT2D eigenvalue weighted by Crippen LogP contribution is 1.97. The van der Waals surface area contributed by atoms with Crippen LogP contribution in [0.15, 0.2) is 12.4 Å². The van der Waals surface area contributed by atoms with Crippen molar-refractivity contribution in [1.82, 2.24) is 14.9 Å². The number of hydrogen-bond donors (Lipinski definition) is 2. The third-order valence-electron chi connectivity index (χ3n) is 2.54. The van der Waals surface area contributed by atoms with Gasteiger partial charge in [-0.3, -0.25) is 4.79 Å². The highest BCUT2D eigenvalue weighted by molar-refractivity contribution is 5.81. The van der Waals surface area contributed by atoms with Gasteiger partial charge in [-0.1, -0.05) is 0 Å². The van der Waals surface area contributed by atoms with Crippen molar-refractivity contribution >= 4 is 5.91 Å². The zero-order valence-corrected chi connectivity index (χ0v) is 10.3. The van der Waals surface area contributed by atoms with E-state index in [0.717, 1.165) is 12.2 Å². The number of ether oxygens (including phenoxy) is 1. The predicted molar refractivity (Wildman–Crippen MR) is 64.1 cm³/mol. The number of nitrogens with two attached hydrogens (primary N) is 1. The molecule has 1 atom stereocenters. The summed E-state index contributed by atoms with van der Waals surface area (Å²) < 4.78 is 6.76. The van der Waals surface area contributed by atoms with E-state index in [1.165, 1.54) is 0 Å². The van der Waals surface area contributed by atoms with Gasteiger partial charge in [0, 0.05) is 33.2 Å². The molecular formula is C11H20N4O2. The Morgan fingerprint density at radius 2 is 2.47 bits per heavy atom. The number of rotatable bonds is 7. The molecule has 1 aromatic rings. The molecule has 1 heterocycles. The molecule has 6 nitrogen and oxygen atoms in total. The van der Waals surface area contributed by atoms with Gasteiger partial charge in [0.2, 0.25) is 5.91 Å². The average Bonchev–Trinajstić information content (AvgIpc) is 2.72. The van der Waals surface area contributed by atoms with E-state index < -0.39 is 6.04 Å². The number of nitrogens with one attached hydrogen (secondary N) is 1. The first-order chi connectivity index (χ1) is 8.15. The Hall–Kier alpha value is -1.40. The van der Waals surface area contributed by atoms with Crippen molar-refractivity contribution in [1.29, 1.82) is 0 Å². The van der Waals surface area contributed by atoms with Gasteiger partial charge in [0.05, 0.1) is 12.6 Å². The van der Waals surface area contributed by atoms with E-state index in [9.17, 15) is 4.79 Å². The summed E-state index contributed by atoms with van der Waals surface area (Å²) >= 11 is 0. The van der Waals surface area contributed by atoms with E-state index in [-0.39, 0.29) is 5.91 Å². The first kappa shape index (κ1) is 13.7. The molecule has 0 bridgehead atoms. The van der Waals surface area contributed by atoms with Gasteiger partial charge in [-0.25, -0.2) is 4.98 Å². The van der Waals surface area contributed by atoms with Crippen LogP contribution >= 0.6 is 0 Å². The van der Waals surface area contributed by atoms with Crippen LogP contribution in [-0.2, 0) is 23.1 Å². The van der Waals surface area contributed by atoms with E-state index in [1.54, 1.807) is 13.3 Å². The summed E-state index contributed by atoms with van der Waals surface area (Å²) in [6.45, 7) is 1.03. The van der Waals surface area contributed by atoms with Crippen LogP contribution < -0.4 is 11.1 Å². The fraction of sp³-hybridized carbons (Fsp3) is 0.636. The first-order valence-electron chi connectivity index (χ1n) is 5.63. The van der Waals surface area contributed by atoms with Gasteiger partial charge >= 0.3 is 0 Å². The Morgan fingerprint density at radius 3 is 3.06 bits per heavy atom. The number of aromatic nitrogens is 2. The number of carbonyl (C=O) groups is 1. The van der Waals surface area contributed by atoms with Gasteiger partial charge in [0.25, 0.3) is 0 Å². The quantitative estimate of drug-likeness (QED) is 0.646. The first-order valence-corrected chi connectivity index (χ1v) is 5.63. The van der Waals surface area contributed by atoms with Crippen LogP contribution in [-0.4, -0.2) is 35.2 Å². The molecule has 0 fully saturated rings. The average molecular weight is 240 g/mol. The predicted octanol–water partition coefficient (Wildman–Crippen LogP) is -0.210. The van der Waals surface area contributed by atoms with Crippen molar-refractivity contribution in [2.75, 3.05) is 13.7 Å². The molecule has 1 rings (SSSR count). The third kappa shape index (κ3) is 4.54. The molecule has 0 aliphatic heterocycles. The van der Waals surface area contributed by atoms with Crippen molar-refractivity contribution in [2.24, 2.45) is 12.8 Å². The lowest BCUT2D eigenvalue weighted by Gasteiger charge is -2.11. The van der Waals surface area contributed by atoms with Crippen molar-refractivity contribution < 1.29 is 9.53 Å². The molecule has 0 saturated carbocycles. The second kappa shape index (κ2) is 7.03. The Kier molecular flexibility index (Phi) is 5.65. The third-order valence-corrected chi connectivity index (χ3v) is 2.54. The van der Waals surface area contributed by atoms with Gasteiger partial charge in [-0.05, 0) is 12.8 Å². The molecular weight excluding hydrogens is 220 g/mol. The van der Waals surface area contributed by atoms with Crippen LogP contribution in [0.3, 0.4) is 0 Å². The number of imidazole rings is 1. The van der Waals surface area contributed by atoms with Gasteiger partial charge in [-0.2, -0.15) is 0 Å². The van der Waals surface area contributed by atoms with Crippen LogP contribution in [0, 0.1) is 0 Å². The summed E-state index contributed by atoms with van der Waals surface area (Å²) in [6.07, 6.45) is 4.94. The number of carbonyl (C=O) groups excluding carboxylic acids is 1. The fourth-order valence-electron chi connectivity index (χ4n) is 1.44. The number of nitrogens with zero attached hydrogens (tertiary/aromatic N) is 2. The molecule has 1 amide bonds. The van der Waals surface area contributed by atoms with Crippen molar-refractivity contribution in [3.05, 3.63) is 18.2 Å². The highest BCUT2D eigenvalue weighted by Gasteiger charge is 2.13. The summed E-state index contributed by atoms with van der Waals surface area (Å²) in [5.41, 5.74) is 5.74. The molecule has 1 aromatic heterocycles. The molecule has 0 spiro atoms. The Bertz CT molecular complexity index is 351. The zero-order chi connectivity index (χ0) is 12.7. The molecule has 1 unspecified atom stereocenters. The van der Waals surface area contributed by atoms with Gasteiger partial charge in [-0.15, -0.1) is 0 Å². The van der Waals surface area contributed by atoms with E-state index in [1.807, 2.05) is 17.8 Å². The van der Waals surface area contributed by atoms with Crippen molar-refractivity contribution in [3.63, 3.8) is 0 Å². The normalized spacial score (nSPS) is 12.4. The highest BCUT2D eigenvalue weighted by atomic mass is 16.5. The maximum absolute atomic E-state index is 11.6. The minimum Gasteiger partial charge on any atom is -0.385 e. The van der Waals surface area contributed by atoms with E-state index in [2.05, 4.69) is 10.3 Å². The minimum absolute atomic E-state index is 0.149. The molecule has 0 radical (unpaired) electrons. The summed E-state index contributed by atoms with van der Waals surface area (Å²) in [4.78, 5) is 15.7. The van der Waals surface area contributed by atoms with E-state index in [0.29, 0.717) is 19.6 Å². The lowest BCUT2D eigenvalue weighted by molar-refractivity contribution is -0.122. The molecule has 0 saturated heterocycles. The molecule has 6 heteroatoms. The minimum atomic E-state index is -0.481. The number of methoxy groups -OCH3 is 1. The SMILES string of the molecule is COCCCC(N)C(=O)NCc1nccn1C. The molecule has 96 valence electrons. The maximum atomic E-state index is 11.6. The van der Waals surface area contributed by atoms with Crippen molar-refractivity contribution in [2.45, 2.75) is 25.4 Å². The van der Waals surface area contributed by atoms with Gasteiger partial charge in [0.1, 0.15) is 5.82 Å². The number of hydrogen-bond acceptors (Lipinski definition) is 4. The van der Waals surface area contributed by atoms with Crippen LogP contribution in [0.1, 0.15) is 18.7 Å². The molecule has 0 aliphatic carbocycles. The molecule has 0 aromatic carbocycles. The maximum Gasteiger partial charge on any atom is 0.237 e. The smallest absolute Gasteiger partial charge is 0.237 e. The van der Waals surface area contributed by atoms with E-state index >= 15 is 0 Å². The Labute approximate surface area is 101 Å². The van der Waals surface area contributed by atoms with Crippen molar-refractivity contribution in [3.8, 4) is 0 Å². The van der Waals surface area contributed by atoms with Crippen LogP contribution in [0.5, 0.6) is 0 Å². The summed E-state index contributed by atoms with van der Waals surface area (Å²) in [5.74, 6) is 0.659. The second-order valence-corrected chi connectivity index (χ2v) is 3.91. The molecule has 0 aliphatic rings. The largest absolute Gasteiger partial charge is 0.385 e. The monoisotopic (exact) mass is 240 g/mol.